The highest BCUT2D eigenvalue weighted by Crippen LogP contribution is 2.75. The van der Waals surface area contributed by atoms with E-state index in [1.807, 2.05) is 6.92 Å². The number of hydrogen-bond acceptors (Lipinski definition) is 5. The minimum Gasteiger partial charge on any atom is -0.399 e. The summed E-state index contributed by atoms with van der Waals surface area (Å²) in [6.45, 7) is 16.5. The Balaban J connectivity index is 1.58. The van der Waals surface area contributed by atoms with Crippen LogP contribution >= 0.6 is 0 Å². The van der Waals surface area contributed by atoms with Crippen molar-refractivity contribution in [1.82, 2.24) is 5.06 Å². The van der Waals surface area contributed by atoms with Crippen LogP contribution in [0.4, 0.5) is 0 Å². The maximum absolute atomic E-state index is 13.1. The predicted molar refractivity (Wildman–Crippen MR) is 149 cm³/mol. The highest BCUT2D eigenvalue weighted by Gasteiger charge is 2.69. The van der Waals surface area contributed by atoms with Crippen LogP contribution in [0.15, 0.2) is 16.8 Å². The highest BCUT2D eigenvalue weighted by atomic mass is 16.6. The second-order valence-corrected chi connectivity index (χ2v) is 15.7. The van der Waals surface area contributed by atoms with Crippen LogP contribution in [0.25, 0.3) is 0 Å². The molecule has 0 heterocycles. The SMILES string of the molecule is CON=C1CCC2(C)C(CCC3(C)C2C(O)C=C2C4CC(C)(C(=O)N(C)O)CCC4(C)CCC23C)C1(C)C. The van der Waals surface area contributed by atoms with Crippen LogP contribution in [0.1, 0.15) is 106 Å². The molecule has 9 unspecified atom stereocenters. The first kappa shape index (κ1) is 28.1. The third kappa shape index (κ3) is 3.50. The Morgan fingerprint density at radius 2 is 1.68 bits per heavy atom. The molecule has 0 saturated heterocycles. The molecule has 0 aromatic carbocycles. The van der Waals surface area contributed by atoms with Crippen molar-refractivity contribution in [2.45, 2.75) is 112 Å². The molecule has 4 saturated carbocycles. The van der Waals surface area contributed by atoms with Crippen LogP contribution < -0.4 is 0 Å². The number of aliphatic hydroxyl groups excluding tert-OH is 1. The van der Waals surface area contributed by atoms with Gasteiger partial charge in [0.05, 0.1) is 11.8 Å². The van der Waals surface area contributed by atoms with E-state index in [9.17, 15) is 15.1 Å². The Morgan fingerprint density at radius 3 is 2.32 bits per heavy atom. The maximum Gasteiger partial charge on any atom is 0.251 e. The Hall–Kier alpha value is -1.40. The first-order valence-electron chi connectivity index (χ1n) is 15.0. The molecule has 6 heteroatoms. The highest BCUT2D eigenvalue weighted by molar-refractivity contribution is 5.90. The molecule has 4 fully saturated rings. The van der Waals surface area contributed by atoms with Gasteiger partial charge in [-0.3, -0.25) is 10.0 Å². The van der Waals surface area contributed by atoms with Crippen molar-refractivity contribution < 1.29 is 19.9 Å². The minimum atomic E-state index is -0.580. The third-order valence-corrected chi connectivity index (χ3v) is 13.6. The van der Waals surface area contributed by atoms with Gasteiger partial charge in [-0.1, -0.05) is 65.3 Å². The molecule has 5 aliphatic rings. The fourth-order valence-electron chi connectivity index (χ4n) is 11.1. The van der Waals surface area contributed by atoms with Gasteiger partial charge in [0.15, 0.2) is 0 Å². The maximum atomic E-state index is 13.1. The molecule has 2 N–H and O–H groups in total. The monoisotopic (exact) mass is 528 g/mol. The summed E-state index contributed by atoms with van der Waals surface area (Å²) in [6.07, 6.45) is 10.7. The summed E-state index contributed by atoms with van der Waals surface area (Å²) in [5.74, 6) is 0.674. The number of nitrogens with zero attached hydrogens (tertiary/aromatic N) is 2. The molecule has 9 atom stereocenters. The average Bonchev–Trinajstić information content (AvgIpc) is 2.82. The number of aliphatic hydroxyl groups is 1. The molecule has 5 rings (SSSR count). The number of fused-ring (bicyclic) bond motifs is 7. The second-order valence-electron chi connectivity index (χ2n) is 15.7. The van der Waals surface area contributed by atoms with Crippen molar-refractivity contribution >= 4 is 11.6 Å². The van der Waals surface area contributed by atoms with Gasteiger partial charge in [-0.25, -0.2) is 5.06 Å². The standard InChI is InChI=1S/C32H52N2O4/c1-27(2)23-10-13-32(7)25(30(23,5)12-11-24(27)33-38-9)22(35)18-20-21-19-29(4,26(36)34(8)37)15-14-28(21,3)16-17-31(20,32)6/h18,21-23,25,35,37H,10-17,19H2,1-9H3. The molecule has 5 aliphatic carbocycles. The minimum absolute atomic E-state index is 0.00507. The zero-order valence-corrected chi connectivity index (χ0v) is 25.4. The summed E-state index contributed by atoms with van der Waals surface area (Å²) >= 11 is 0. The van der Waals surface area contributed by atoms with E-state index in [0.29, 0.717) is 5.92 Å². The van der Waals surface area contributed by atoms with Gasteiger partial charge in [-0.05, 0) is 91.3 Å². The molecule has 0 radical (unpaired) electrons. The number of carbonyl (C=O) groups excluding carboxylic acids is 1. The quantitative estimate of drug-likeness (QED) is 0.240. The van der Waals surface area contributed by atoms with Gasteiger partial charge >= 0.3 is 0 Å². The molecule has 6 nitrogen and oxygen atoms in total. The van der Waals surface area contributed by atoms with Crippen LogP contribution in [-0.4, -0.2) is 47.3 Å². The summed E-state index contributed by atoms with van der Waals surface area (Å²) in [5, 5.41) is 27.4. The molecule has 1 amide bonds. The Morgan fingerprint density at radius 1 is 1.03 bits per heavy atom. The molecule has 0 spiro atoms. The molecule has 0 aliphatic heterocycles. The number of hydrogen-bond donors (Lipinski definition) is 2. The molecule has 0 aromatic rings. The van der Waals surface area contributed by atoms with Gasteiger partial charge in [-0.15, -0.1) is 0 Å². The fraction of sp³-hybridized carbons (Fsp3) is 0.875. The van der Waals surface area contributed by atoms with E-state index in [4.69, 9.17) is 4.84 Å². The van der Waals surface area contributed by atoms with Crippen molar-refractivity contribution in [2.75, 3.05) is 14.2 Å². The van der Waals surface area contributed by atoms with Crippen LogP contribution in [0.2, 0.25) is 0 Å². The molecule has 0 bridgehead atoms. The van der Waals surface area contributed by atoms with E-state index in [0.717, 1.165) is 68.6 Å². The van der Waals surface area contributed by atoms with Crippen LogP contribution in [0.3, 0.4) is 0 Å². The molecular formula is C32H52N2O4. The van der Waals surface area contributed by atoms with E-state index in [1.165, 1.54) is 12.6 Å². The Labute approximate surface area is 230 Å². The second kappa shape index (κ2) is 8.55. The van der Waals surface area contributed by atoms with Crippen molar-refractivity contribution in [3.05, 3.63) is 11.6 Å². The lowest BCUT2D eigenvalue weighted by molar-refractivity contribution is -0.196. The van der Waals surface area contributed by atoms with E-state index in [2.05, 4.69) is 52.8 Å². The van der Waals surface area contributed by atoms with Crippen LogP contribution in [0.5, 0.6) is 0 Å². The van der Waals surface area contributed by atoms with Gasteiger partial charge in [-0.2, -0.15) is 0 Å². The van der Waals surface area contributed by atoms with Gasteiger partial charge in [0.25, 0.3) is 5.91 Å². The lowest BCUT2D eigenvalue weighted by atomic mass is 9.33. The molecular weight excluding hydrogens is 476 g/mol. The molecule has 214 valence electrons. The molecule has 0 aromatic heterocycles. The molecule has 38 heavy (non-hydrogen) atoms. The van der Waals surface area contributed by atoms with Gasteiger partial charge in [0.2, 0.25) is 0 Å². The lowest BCUT2D eigenvalue weighted by Crippen LogP contribution is -2.67. The third-order valence-electron chi connectivity index (χ3n) is 13.6. The number of rotatable bonds is 2. The lowest BCUT2D eigenvalue weighted by Gasteiger charge is -2.71. The van der Waals surface area contributed by atoms with E-state index in [-0.39, 0.29) is 44.8 Å². The smallest absolute Gasteiger partial charge is 0.251 e. The summed E-state index contributed by atoms with van der Waals surface area (Å²) in [5.41, 5.74) is 1.99. The summed E-state index contributed by atoms with van der Waals surface area (Å²) in [6, 6.07) is 0. The van der Waals surface area contributed by atoms with Crippen molar-refractivity contribution in [2.24, 2.45) is 55.4 Å². The van der Waals surface area contributed by atoms with Crippen molar-refractivity contribution in [1.29, 1.82) is 0 Å². The van der Waals surface area contributed by atoms with Crippen LogP contribution in [-0.2, 0) is 9.63 Å². The average molecular weight is 529 g/mol. The zero-order chi connectivity index (χ0) is 28.1. The zero-order valence-electron chi connectivity index (χ0n) is 25.4. The predicted octanol–water partition coefficient (Wildman–Crippen LogP) is 6.61. The van der Waals surface area contributed by atoms with Crippen LogP contribution in [0, 0.1) is 50.2 Å². The topological polar surface area (TPSA) is 82.4 Å². The number of allylic oxidation sites excluding steroid dienone is 1. The van der Waals surface area contributed by atoms with Gasteiger partial charge in [0, 0.05) is 23.8 Å². The van der Waals surface area contributed by atoms with Crippen molar-refractivity contribution in [3.8, 4) is 0 Å². The first-order chi connectivity index (χ1) is 17.5. The number of oxime groups is 1. The number of amides is 1. The van der Waals surface area contributed by atoms with Crippen molar-refractivity contribution in [3.63, 3.8) is 0 Å². The Bertz CT molecular complexity index is 1070. The van der Waals surface area contributed by atoms with E-state index in [1.54, 1.807) is 7.11 Å². The summed E-state index contributed by atoms with van der Waals surface area (Å²) in [7, 11) is 3.10. The number of carbonyl (C=O) groups is 1. The number of hydroxylamine groups is 2. The normalized spacial score (nSPS) is 50.6. The first-order valence-corrected chi connectivity index (χ1v) is 15.0. The summed E-state index contributed by atoms with van der Waals surface area (Å²) in [4.78, 5) is 18.4. The largest absolute Gasteiger partial charge is 0.399 e. The summed E-state index contributed by atoms with van der Waals surface area (Å²) < 4.78 is 0. The Kier molecular flexibility index (Phi) is 6.33. The van der Waals surface area contributed by atoms with Gasteiger partial charge < -0.3 is 9.94 Å². The fourth-order valence-corrected chi connectivity index (χ4v) is 11.1. The van der Waals surface area contributed by atoms with E-state index >= 15 is 0 Å². The van der Waals surface area contributed by atoms with Gasteiger partial charge in [0.1, 0.15) is 7.11 Å². The van der Waals surface area contributed by atoms with E-state index < -0.39 is 11.5 Å².